The molecule has 3 heteroatoms. The smallest absolute Gasteiger partial charge is 0.260 e. The maximum atomic E-state index is 4.84. The van der Waals surface area contributed by atoms with Crippen LogP contribution in [-0.2, 0) is 13.5 Å². The minimum Gasteiger partial charge on any atom is -0.260 e. The predicted molar refractivity (Wildman–Crippen MR) is 122 cm³/mol. The van der Waals surface area contributed by atoms with Gasteiger partial charge in [-0.1, -0.05) is 30.5 Å². The van der Waals surface area contributed by atoms with E-state index in [0.717, 1.165) is 12.1 Å². The molecular formula is C27H30N3+. The number of hydrogen-bond acceptors (Lipinski definition) is 2. The third-order valence-corrected chi connectivity index (χ3v) is 6.99. The molecule has 5 rings (SSSR count). The Bertz CT molecular complexity index is 1150. The summed E-state index contributed by atoms with van der Waals surface area (Å²) < 4.78 is 2.18. The van der Waals surface area contributed by atoms with Crippen LogP contribution in [0.2, 0.25) is 0 Å². The van der Waals surface area contributed by atoms with Crippen molar-refractivity contribution in [2.75, 3.05) is 0 Å². The molecule has 3 aromatic rings. The molecule has 1 saturated carbocycles. The highest BCUT2D eigenvalue weighted by Gasteiger charge is 2.28. The number of hydrogen-bond donors (Lipinski definition) is 0. The van der Waals surface area contributed by atoms with Crippen LogP contribution in [0.5, 0.6) is 0 Å². The van der Waals surface area contributed by atoms with Crippen LogP contribution >= 0.6 is 0 Å². The Morgan fingerprint density at radius 2 is 1.80 bits per heavy atom. The summed E-state index contributed by atoms with van der Waals surface area (Å²) >= 11 is 0. The highest BCUT2D eigenvalue weighted by atomic mass is 15.0. The summed E-state index contributed by atoms with van der Waals surface area (Å²) in [5.41, 5.74) is 12.8. The lowest BCUT2D eigenvalue weighted by Crippen LogP contribution is -2.33. The zero-order valence-corrected chi connectivity index (χ0v) is 18.5. The molecule has 0 radical (unpaired) electrons. The van der Waals surface area contributed by atoms with Gasteiger partial charge < -0.3 is 0 Å². The van der Waals surface area contributed by atoms with Crippen molar-refractivity contribution in [1.82, 2.24) is 9.97 Å². The fourth-order valence-electron chi connectivity index (χ4n) is 5.21. The van der Waals surface area contributed by atoms with E-state index in [-0.39, 0.29) is 0 Å². The minimum absolute atomic E-state index is 0.661. The Balaban J connectivity index is 1.51. The number of nitrogens with zero attached hydrogens (tertiary/aromatic N) is 3. The van der Waals surface area contributed by atoms with Crippen molar-refractivity contribution in [3.63, 3.8) is 0 Å². The molecule has 0 aliphatic heterocycles. The molecule has 3 nitrogen and oxygen atoms in total. The van der Waals surface area contributed by atoms with Crippen molar-refractivity contribution in [2.45, 2.75) is 58.8 Å². The van der Waals surface area contributed by atoms with Crippen LogP contribution in [0.15, 0.2) is 36.8 Å². The van der Waals surface area contributed by atoms with Gasteiger partial charge in [-0.05, 0) is 79.1 Å². The second-order valence-electron chi connectivity index (χ2n) is 9.12. The summed E-state index contributed by atoms with van der Waals surface area (Å²) in [6.07, 6.45) is 12.5. The highest BCUT2D eigenvalue weighted by Crippen LogP contribution is 2.37. The third-order valence-electron chi connectivity index (χ3n) is 6.99. The number of pyridine rings is 1. The average Bonchev–Trinajstić information content (AvgIpc) is 3.41. The second-order valence-corrected chi connectivity index (χ2v) is 9.12. The maximum Gasteiger partial charge on any atom is 0.287 e. The van der Waals surface area contributed by atoms with E-state index in [2.05, 4.69) is 68.9 Å². The highest BCUT2D eigenvalue weighted by molar-refractivity contribution is 5.89. The number of aryl methyl sites for hydroxylation is 3. The fraction of sp³-hybridized carbons (Fsp3) is 0.370. The van der Waals surface area contributed by atoms with Gasteiger partial charge >= 0.3 is 0 Å². The molecule has 2 aliphatic rings. The second kappa shape index (κ2) is 7.46. The molecule has 30 heavy (non-hydrogen) atoms. The van der Waals surface area contributed by atoms with Crippen molar-refractivity contribution in [3.05, 3.63) is 76.0 Å². The van der Waals surface area contributed by atoms with Gasteiger partial charge in [0.2, 0.25) is 0 Å². The van der Waals surface area contributed by atoms with Crippen molar-refractivity contribution in [2.24, 2.45) is 7.05 Å². The zero-order valence-electron chi connectivity index (χ0n) is 18.5. The van der Waals surface area contributed by atoms with Gasteiger partial charge in [-0.3, -0.25) is 4.98 Å². The largest absolute Gasteiger partial charge is 0.287 e. The molecular weight excluding hydrogens is 366 g/mol. The SMILES string of the molecule is Cc1cc(C)c(C)c(-c2c3c(nc[n+]2C)C=C(c2ccc(C4CCCC4)nc2)C3)c1. The van der Waals surface area contributed by atoms with Gasteiger partial charge in [0.25, 0.3) is 6.33 Å². The Kier molecular flexibility index (Phi) is 4.77. The molecule has 0 unspecified atom stereocenters. The molecule has 1 aromatic carbocycles. The summed E-state index contributed by atoms with van der Waals surface area (Å²) in [4.78, 5) is 9.58. The summed E-state index contributed by atoms with van der Waals surface area (Å²) in [6, 6.07) is 9.09. The Morgan fingerprint density at radius 3 is 2.53 bits per heavy atom. The lowest BCUT2D eigenvalue weighted by atomic mass is 9.93. The molecule has 0 bridgehead atoms. The van der Waals surface area contributed by atoms with E-state index >= 15 is 0 Å². The van der Waals surface area contributed by atoms with Gasteiger partial charge in [0.1, 0.15) is 5.69 Å². The summed E-state index contributed by atoms with van der Waals surface area (Å²) in [7, 11) is 2.11. The van der Waals surface area contributed by atoms with Crippen LogP contribution in [0.4, 0.5) is 0 Å². The average molecular weight is 397 g/mol. The quantitative estimate of drug-likeness (QED) is 0.536. The molecule has 0 amide bonds. The first-order chi connectivity index (χ1) is 14.5. The van der Waals surface area contributed by atoms with E-state index < -0.39 is 0 Å². The molecule has 0 spiro atoms. The van der Waals surface area contributed by atoms with Crippen LogP contribution < -0.4 is 4.57 Å². The van der Waals surface area contributed by atoms with Crippen LogP contribution in [0.25, 0.3) is 22.9 Å². The summed E-state index contributed by atoms with van der Waals surface area (Å²) in [6.45, 7) is 6.61. The van der Waals surface area contributed by atoms with Gasteiger partial charge in [0.05, 0.1) is 12.6 Å². The minimum atomic E-state index is 0.661. The van der Waals surface area contributed by atoms with Crippen LogP contribution in [0.3, 0.4) is 0 Å². The van der Waals surface area contributed by atoms with E-state index in [1.165, 1.54) is 76.0 Å². The van der Waals surface area contributed by atoms with E-state index in [1.54, 1.807) is 0 Å². The van der Waals surface area contributed by atoms with Crippen molar-refractivity contribution >= 4 is 11.6 Å². The van der Waals surface area contributed by atoms with Crippen molar-refractivity contribution in [3.8, 4) is 11.3 Å². The van der Waals surface area contributed by atoms with Crippen LogP contribution in [-0.4, -0.2) is 9.97 Å². The number of fused-ring (bicyclic) bond motifs is 1. The monoisotopic (exact) mass is 396 g/mol. The van der Waals surface area contributed by atoms with E-state index in [0.29, 0.717) is 5.92 Å². The van der Waals surface area contributed by atoms with E-state index in [9.17, 15) is 0 Å². The van der Waals surface area contributed by atoms with Gasteiger partial charge in [0, 0.05) is 29.8 Å². The van der Waals surface area contributed by atoms with E-state index in [1.807, 2.05) is 6.33 Å². The Hall–Kier alpha value is -2.81. The number of benzene rings is 1. The molecule has 2 heterocycles. The van der Waals surface area contributed by atoms with Gasteiger partial charge in [-0.2, -0.15) is 0 Å². The normalized spacial score (nSPS) is 16.1. The molecule has 152 valence electrons. The molecule has 0 saturated heterocycles. The first-order valence-corrected chi connectivity index (χ1v) is 11.1. The Morgan fingerprint density at radius 1 is 1.00 bits per heavy atom. The van der Waals surface area contributed by atoms with Crippen molar-refractivity contribution in [1.29, 1.82) is 0 Å². The summed E-state index contributed by atoms with van der Waals surface area (Å²) in [5.74, 6) is 0.661. The Labute approximate surface area is 179 Å². The number of rotatable bonds is 3. The lowest BCUT2D eigenvalue weighted by molar-refractivity contribution is -0.663. The van der Waals surface area contributed by atoms with Crippen LogP contribution in [0, 0.1) is 20.8 Å². The first-order valence-electron chi connectivity index (χ1n) is 11.1. The zero-order chi connectivity index (χ0) is 20.8. The molecule has 1 fully saturated rings. The summed E-state index contributed by atoms with van der Waals surface area (Å²) in [5, 5.41) is 0. The molecule has 0 atom stereocenters. The molecule has 0 N–H and O–H groups in total. The lowest BCUT2D eigenvalue weighted by Gasteiger charge is -2.13. The molecule has 2 aromatic heterocycles. The van der Waals surface area contributed by atoms with Gasteiger partial charge in [-0.15, -0.1) is 0 Å². The fourth-order valence-corrected chi connectivity index (χ4v) is 5.21. The van der Waals surface area contributed by atoms with Gasteiger partial charge in [-0.25, -0.2) is 4.57 Å². The van der Waals surface area contributed by atoms with Gasteiger partial charge in [0.15, 0.2) is 5.69 Å². The molecule has 2 aliphatic carbocycles. The maximum absolute atomic E-state index is 4.84. The first kappa shape index (κ1) is 19.2. The van der Waals surface area contributed by atoms with Crippen molar-refractivity contribution < 1.29 is 4.57 Å². The number of aromatic nitrogens is 3. The number of allylic oxidation sites excluding steroid dienone is 1. The predicted octanol–water partition coefficient (Wildman–Crippen LogP) is 5.65. The van der Waals surface area contributed by atoms with Crippen LogP contribution in [0.1, 0.15) is 70.8 Å². The standard InChI is InChI=1S/C27H30N3/c1-17-11-18(2)19(3)23(12-17)27-24-13-22(14-26(24)29-16-30(27)4)21-9-10-25(28-15-21)20-7-5-6-8-20/h9-12,14-16,20H,5-8,13H2,1-4H3/q+1. The van der Waals surface area contributed by atoms with E-state index in [4.69, 9.17) is 9.97 Å². The topological polar surface area (TPSA) is 29.7 Å². The third kappa shape index (κ3) is 3.27.